The molecule has 0 aliphatic carbocycles. The number of carbonyl (C=O) groups excluding carboxylic acids is 2. The Labute approximate surface area is 218 Å². The van der Waals surface area contributed by atoms with E-state index in [9.17, 15) is 22.8 Å². The number of hydrogen-bond donors (Lipinski definition) is 2. The second kappa shape index (κ2) is 10.6. The third-order valence-electron chi connectivity index (χ3n) is 6.69. The summed E-state index contributed by atoms with van der Waals surface area (Å²) in [6.07, 6.45) is -3.38. The third kappa shape index (κ3) is 5.53. The maximum absolute atomic E-state index is 13.2. The molecule has 4 nitrogen and oxygen atoms in total. The summed E-state index contributed by atoms with van der Waals surface area (Å²) < 4.78 is 38.9. The van der Waals surface area contributed by atoms with Crippen molar-refractivity contribution in [2.75, 3.05) is 11.9 Å². The molecule has 4 aromatic rings. The van der Waals surface area contributed by atoms with Crippen LogP contribution in [0.5, 0.6) is 0 Å². The SMILES string of the molecule is O=C(Nc1ccc2c(c1)CCNC2C(=O)Cc1ccccc1)c1ccccc1-c1ccc(C(F)(F)F)cc1. The normalized spacial score (nSPS) is 15.0. The summed E-state index contributed by atoms with van der Waals surface area (Å²) in [4.78, 5) is 26.3. The molecule has 0 radical (unpaired) electrons. The molecule has 1 heterocycles. The molecule has 1 atom stereocenters. The lowest BCUT2D eigenvalue weighted by Crippen LogP contribution is -2.36. The molecule has 1 aliphatic rings. The lowest BCUT2D eigenvalue weighted by molar-refractivity contribution is -0.137. The Morgan fingerprint density at radius 1 is 0.868 bits per heavy atom. The number of alkyl halides is 3. The van der Waals surface area contributed by atoms with E-state index in [2.05, 4.69) is 10.6 Å². The van der Waals surface area contributed by atoms with Crippen LogP contribution in [0.2, 0.25) is 0 Å². The number of nitrogens with one attached hydrogen (secondary N) is 2. The molecule has 0 bridgehead atoms. The predicted octanol–water partition coefficient (Wildman–Crippen LogP) is 6.62. The molecule has 0 aromatic heterocycles. The smallest absolute Gasteiger partial charge is 0.322 e. The van der Waals surface area contributed by atoms with Crippen molar-refractivity contribution in [3.63, 3.8) is 0 Å². The topological polar surface area (TPSA) is 58.2 Å². The van der Waals surface area contributed by atoms with E-state index in [1.165, 1.54) is 12.1 Å². The maximum atomic E-state index is 13.2. The highest BCUT2D eigenvalue weighted by molar-refractivity contribution is 6.08. The zero-order chi connectivity index (χ0) is 26.7. The van der Waals surface area contributed by atoms with Crippen molar-refractivity contribution in [3.05, 3.63) is 125 Å². The van der Waals surface area contributed by atoms with Gasteiger partial charge in [0, 0.05) is 24.2 Å². The van der Waals surface area contributed by atoms with E-state index in [0.717, 1.165) is 35.2 Å². The van der Waals surface area contributed by atoms with Crippen molar-refractivity contribution in [1.29, 1.82) is 0 Å². The molecule has 0 saturated heterocycles. The molecular formula is C31H25F3N2O2. The number of rotatable bonds is 6. The van der Waals surface area contributed by atoms with Crippen LogP contribution in [0.25, 0.3) is 11.1 Å². The van der Waals surface area contributed by atoms with Crippen LogP contribution in [0.15, 0.2) is 97.1 Å². The number of benzene rings is 4. The highest BCUT2D eigenvalue weighted by Crippen LogP contribution is 2.32. The summed E-state index contributed by atoms with van der Waals surface area (Å²) >= 11 is 0. The fourth-order valence-corrected chi connectivity index (χ4v) is 4.80. The van der Waals surface area contributed by atoms with E-state index in [1.54, 1.807) is 30.3 Å². The molecule has 7 heteroatoms. The van der Waals surface area contributed by atoms with E-state index in [4.69, 9.17) is 0 Å². The van der Waals surface area contributed by atoms with Crippen LogP contribution in [0, 0.1) is 0 Å². The lowest BCUT2D eigenvalue weighted by atomic mass is 9.89. The average Bonchev–Trinajstić information content (AvgIpc) is 2.92. The van der Waals surface area contributed by atoms with Crippen LogP contribution in [0.1, 0.15) is 38.7 Å². The minimum absolute atomic E-state index is 0.0828. The van der Waals surface area contributed by atoms with Gasteiger partial charge >= 0.3 is 6.18 Å². The molecule has 1 aliphatic heterocycles. The Morgan fingerprint density at radius 2 is 1.58 bits per heavy atom. The van der Waals surface area contributed by atoms with Crippen molar-refractivity contribution in [2.24, 2.45) is 0 Å². The van der Waals surface area contributed by atoms with Gasteiger partial charge in [-0.05, 0) is 64.6 Å². The van der Waals surface area contributed by atoms with Crippen LogP contribution in [0.3, 0.4) is 0 Å². The number of anilines is 1. The predicted molar refractivity (Wildman–Crippen MR) is 141 cm³/mol. The molecule has 5 rings (SSSR count). The second-order valence-electron chi connectivity index (χ2n) is 9.25. The fourth-order valence-electron chi connectivity index (χ4n) is 4.80. The van der Waals surface area contributed by atoms with Crippen molar-refractivity contribution >= 4 is 17.4 Å². The first-order chi connectivity index (χ1) is 18.3. The molecule has 192 valence electrons. The molecule has 1 unspecified atom stereocenters. The van der Waals surface area contributed by atoms with Gasteiger partial charge in [0.25, 0.3) is 5.91 Å². The number of amides is 1. The van der Waals surface area contributed by atoms with Crippen molar-refractivity contribution in [3.8, 4) is 11.1 Å². The van der Waals surface area contributed by atoms with Crippen molar-refractivity contribution in [1.82, 2.24) is 5.32 Å². The van der Waals surface area contributed by atoms with Gasteiger partial charge in [-0.15, -0.1) is 0 Å². The molecular weight excluding hydrogens is 489 g/mol. The standard InChI is InChI=1S/C31H25F3N2O2/c32-31(33,34)23-12-10-21(11-13-23)25-8-4-5-9-27(25)30(38)36-24-14-15-26-22(19-24)16-17-35-29(26)28(37)18-20-6-2-1-3-7-20/h1-15,19,29,35H,16-18H2,(H,36,38). The van der Waals surface area contributed by atoms with Crippen LogP contribution < -0.4 is 10.6 Å². The zero-order valence-electron chi connectivity index (χ0n) is 20.4. The van der Waals surface area contributed by atoms with Gasteiger partial charge < -0.3 is 10.6 Å². The first kappa shape index (κ1) is 25.4. The first-order valence-electron chi connectivity index (χ1n) is 12.3. The van der Waals surface area contributed by atoms with Gasteiger partial charge in [0.05, 0.1) is 11.6 Å². The van der Waals surface area contributed by atoms with Gasteiger partial charge in [0.1, 0.15) is 0 Å². The summed E-state index contributed by atoms with van der Waals surface area (Å²) in [5.41, 5.74) is 4.10. The number of fused-ring (bicyclic) bond motifs is 1. The fraction of sp³-hybridized carbons (Fsp3) is 0.161. The number of halogens is 3. The minimum Gasteiger partial charge on any atom is -0.322 e. The third-order valence-corrected chi connectivity index (χ3v) is 6.69. The first-order valence-corrected chi connectivity index (χ1v) is 12.3. The molecule has 2 N–H and O–H groups in total. The Bertz CT molecular complexity index is 1460. The summed E-state index contributed by atoms with van der Waals surface area (Å²) in [6, 6.07) is 26.3. The highest BCUT2D eigenvalue weighted by Gasteiger charge is 2.30. The van der Waals surface area contributed by atoms with Gasteiger partial charge in [-0.2, -0.15) is 13.2 Å². The largest absolute Gasteiger partial charge is 0.416 e. The molecule has 0 fully saturated rings. The monoisotopic (exact) mass is 514 g/mol. The Morgan fingerprint density at radius 3 is 2.32 bits per heavy atom. The van der Waals surface area contributed by atoms with Gasteiger partial charge in [0.15, 0.2) is 5.78 Å². The number of ketones is 1. The Hall–Kier alpha value is -4.23. The highest BCUT2D eigenvalue weighted by atomic mass is 19.4. The van der Waals surface area contributed by atoms with Gasteiger partial charge in [-0.1, -0.05) is 66.7 Å². The van der Waals surface area contributed by atoms with Gasteiger partial charge in [-0.25, -0.2) is 0 Å². The van der Waals surface area contributed by atoms with E-state index < -0.39 is 17.8 Å². The van der Waals surface area contributed by atoms with E-state index >= 15 is 0 Å². The van der Waals surface area contributed by atoms with Crippen molar-refractivity contribution < 1.29 is 22.8 Å². The number of Topliss-reactive ketones (excluding diaryl/α,β-unsaturated/α-hetero) is 1. The van der Waals surface area contributed by atoms with Crippen LogP contribution in [0.4, 0.5) is 18.9 Å². The summed E-state index contributed by atoms with van der Waals surface area (Å²) in [5.74, 6) is -0.287. The van der Waals surface area contributed by atoms with Gasteiger partial charge in [0.2, 0.25) is 0 Å². The average molecular weight is 515 g/mol. The van der Waals surface area contributed by atoms with Crippen LogP contribution in [-0.2, 0) is 23.8 Å². The Kier molecular flexibility index (Phi) is 7.11. The van der Waals surface area contributed by atoms with E-state index in [0.29, 0.717) is 35.3 Å². The summed E-state index contributed by atoms with van der Waals surface area (Å²) in [5, 5.41) is 6.23. The molecule has 0 spiro atoms. The van der Waals surface area contributed by atoms with Crippen molar-refractivity contribution in [2.45, 2.75) is 25.1 Å². The zero-order valence-corrected chi connectivity index (χ0v) is 20.4. The maximum Gasteiger partial charge on any atom is 0.416 e. The second-order valence-corrected chi connectivity index (χ2v) is 9.25. The number of carbonyl (C=O) groups is 2. The lowest BCUT2D eigenvalue weighted by Gasteiger charge is -2.26. The Balaban J connectivity index is 1.34. The molecule has 38 heavy (non-hydrogen) atoms. The van der Waals surface area contributed by atoms with Crippen LogP contribution >= 0.6 is 0 Å². The summed E-state index contributed by atoms with van der Waals surface area (Å²) in [7, 11) is 0. The van der Waals surface area contributed by atoms with E-state index in [1.807, 2.05) is 42.5 Å². The summed E-state index contributed by atoms with van der Waals surface area (Å²) in [6.45, 7) is 0.645. The minimum atomic E-state index is -4.43. The van der Waals surface area contributed by atoms with E-state index in [-0.39, 0.29) is 11.7 Å². The molecule has 1 amide bonds. The molecule has 4 aromatic carbocycles. The van der Waals surface area contributed by atoms with Gasteiger partial charge in [-0.3, -0.25) is 9.59 Å². The molecule has 0 saturated carbocycles. The number of hydrogen-bond acceptors (Lipinski definition) is 3. The van der Waals surface area contributed by atoms with Crippen LogP contribution in [-0.4, -0.2) is 18.2 Å². The quantitative estimate of drug-likeness (QED) is 0.304.